The first-order valence-electron chi connectivity index (χ1n) is 15.7. The molecule has 0 aromatic carbocycles. The molecule has 0 aliphatic heterocycles. The van der Waals surface area contributed by atoms with E-state index in [0.717, 1.165) is 44.9 Å². The highest BCUT2D eigenvalue weighted by atomic mass is 16.5. The lowest BCUT2D eigenvalue weighted by Gasteiger charge is -2.05. The van der Waals surface area contributed by atoms with E-state index in [9.17, 15) is 9.59 Å². The van der Waals surface area contributed by atoms with Crippen LogP contribution in [0.1, 0.15) is 174 Å². The number of rotatable bonds is 29. The van der Waals surface area contributed by atoms with Crippen molar-refractivity contribution in [3.63, 3.8) is 0 Å². The minimum atomic E-state index is -0.686. The predicted molar refractivity (Wildman–Crippen MR) is 153 cm³/mol. The van der Waals surface area contributed by atoms with Crippen molar-refractivity contribution in [1.29, 1.82) is 0 Å². The fourth-order valence-electron chi connectivity index (χ4n) is 4.57. The van der Waals surface area contributed by atoms with Gasteiger partial charge in [-0.15, -0.1) is 0 Å². The van der Waals surface area contributed by atoms with E-state index in [4.69, 9.17) is 9.84 Å². The van der Waals surface area contributed by atoms with Crippen molar-refractivity contribution in [3.8, 4) is 0 Å². The summed E-state index contributed by atoms with van der Waals surface area (Å²) in [7, 11) is 0. The zero-order valence-electron chi connectivity index (χ0n) is 23.9. The Kier molecular flexibility index (Phi) is 28.8. The van der Waals surface area contributed by atoms with E-state index in [1.807, 2.05) is 0 Å². The van der Waals surface area contributed by atoms with Gasteiger partial charge in [0.2, 0.25) is 0 Å². The van der Waals surface area contributed by atoms with Crippen LogP contribution in [0.2, 0.25) is 0 Å². The fourth-order valence-corrected chi connectivity index (χ4v) is 4.57. The standard InChI is InChI=1S/C32H60O4/c1-2-3-4-5-6-7-8-9-10-11-12-13-14-17-20-23-26-29-32(35)36-30-27-24-21-18-15-16-19-22-25-28-31(33)34/h7-8H,2-6,9-30H2,1H3,(H,33,34). The summed E-state index contributed by atoms with van der Waals surface area (Å²) in [6, 6.07) is 0. The van der Waals surface area contributed by atoms with Gasteiger partial charge in [-0.05, 0) is 44.9 Å². The van der Waals surface area contributed by atoms with Gasteiger partial charge in [-0.25, -0.2) is 0 Å². The van der Waals surface area contributed by atoms with Crippen LogP contribution in [0.4, 0.5) is 0 Å². The van der Waals surface area contributed by atoms with Gasteiger partial charge in [-0.1, -0.05) is 128 Å². The Bertz CT molecular complexity index is 500. The Labute approximate surface area is 224 Å². The summed E-state index contributed by atoms with van der Waals surface area (Å²) in [5, 5.41) is 8.60. The number of carboxylic acid groups (broad SMARTS) is 1. The molecule has 0 amide bonds. The number of carboxylic acids is 1. The van der Waals surface area contributed by atoms with E-state index < -0.39 is 5.97 Å². The van der Waals surface area contributed by atoms with E-state index in [0.29, 0.717) is 19.4 Å². The zero-order valence-corrected chi connectivity index (χ0v) is 23.9. The molecule has 0 saturated carbocycles. The quantitative estimate of drug-likeness (QED) is 0.0620. The molecule has 0 aliphatic rings. The Balaban J connectivity index is 3.19. The van der Waals surface area contributed by atoms with Gasteiger partial charge in [-0.3, -0.25) is 9.59 Å². The van der Waals surface area contributed by atoms with Crippen molar-refractivity contribution in [3.05, 3.63) is 12.2 Å². The second-order valence-electron chi connectivity index (χ2n) is 10.6. The number of allylic oxidation sites excluding steroid dienone is 2. The molecule has 4 heteroatoms. The van der Waals surface area contributed by atoms with E-state index >= 15 is 0 Å². The lowest BCUT2D eigenvalue weighted by molar-refractivity contribution is -0.144. The molecule has 0 radical (unpaired) electrons. The van der Waals surface area contributed by atoms with E-state index in [2.05, 4.69) is 19.1 Å². The SMILES string of the molecule is CCCCCCC=CCCCCCCCCCCCC(=O)OCCCCCCCCCCCC(=O)O. The minimum Gasteiger partial charge on any atom is -0.481 e. The van der Waals surface area contributed by atoms with E-state index in [1.165, 1.54) is 109 Å². The third-order valence-electron chi connectivity index (χ3n) is 6.94. The van der Waals surface area contributed by atoms with Crippen molar-refractivity contribution in [2.75, 3.05) is 6.61 Å². The van der Waals surface area contributed by atoms with Crippen LogP contribution < -0.4 is 0 Å². The minimum absolute atomic E-state index is 0.0219. The van der Waals surface area contributed by atoms with Crippen molar-refractivity contribution < 1.29 is 19.4 Å². The average molecular weight is 509 g/mol. The fraction of sp³-hybridized carbons (Fsp3) is 0.875. The molecule has 212 valence electrons. The Hall–Kier alpha value is -1.32. The molecule has 0 rings (SSSR count). The smallest absolute Gasteiger partial charge is 0.305 e. The van der Waals surface area contributed by atoms with E-state index in [-0.39, 0.29) is 5.97 Å². The number of carbonyl (C=O) groups is 2. The third-order valence-corrected chi connectivity index (χ3v) is 6.94. The second kappa shape index (κ2) is 29.9. The summed E-state index contributed by atoms with van der Waals surface area (Å²) in [4.78, 5) is 22.3. The molecule has 0 aromatic rings. The Morgan fingerprint density at radius 1 is 0.528 bits per heavy atom. The highest BCUT2D eigenvalue weighted by Crippen LogP contribution is 2.13. The number of aliphatic carboxylic acids is 1. The lowest BCUT2D eigenvalue weighted by atomic mass is 10.1. The molecule has 1 N–H and O–H groups in total. The van der Waals surface area contributed by atoms with Crippen molar-refractivity contribution in [1.82, 2.24) is 0 Å². The first-order chi connectivity index (χ1) is 17.7. The monoisotopic (exact) mass is 508 g/mol. The van der Waals surface area contributed by atoms with Crippen LogP contribution in [0.3, 0.4) is 0 Å². The van der Waals surface area contributed by atoms with E-state index in [1.54, 1.807) is 0 Å². The predicted octanol–water partition coefficient (Wildman–Crippen LogP) is 10.3. The Morgan fingerprint density at radius 2 is 0.917 bits per heavy atom. The first-order valence-corrected chi connectivity index (χ1v) is 15.7. The van der Waals surface area contributed by atoms with Crippen LogP contribution in [0.5, 0.6) is 0 Å². The van der Waals surface area contributed by atoms with Crippen LogP contribution in [0, 0.1) is 0 Å². The topological polar surface area (TPSA) is 63.6 Å². The average Bonchev–Trinajstić information content (AvgIpc) is 2.86. The van der Waals surface area contributed by atoms with Gasteiger partial charge in [0.1, 0.15) is 0 Å². The molecule has 36 heavy (non-hydrogen) atoms. The van der Waals surface area contributed by atoms with Gasteiger partial charge in [-0.2, -0.15) is 0 Å². The molecule has 0 saturated heterocycles. The summed E-state index contributed by atoms with van der Waals surface area (Å²) in [6.45, 7) is 2.84. The molecular formula is C32H60O4. The van der Waals surface area contributed by atoms with Crippen molar-refractivity contribution >= 4 is 11.9 Å². The summed E-state index contributed by atoms with van der Waals surface area (Å²) < 4.78 is 5.37. The van der Waals surface area contributed by atoms with Gasteiger partial charge in [0.15, 0.2) is 0 Å². The summed E-state index contributed by atoms with van der Waals surface area (Å²) in [6.07, 6.45) is 34.9. The van der Waals surface area contributed by atoms with Crippen molar-refractivity contribution in [2.24, 2.45) is 0 Å². The number of unbranched alkanes of at least 4 members (excludes halogenated alkanes) is 21. The van der Waals surface area contributed by atoms with Gasteiger partial charge >= 0.3 is 11.9 Å². The van der Waals surface area contributed by atoms with Gasteiger partial charge in [0.05, 0.1) is 6.61 Å². The summed E-state index contributed by atoms with van der Waals surface area (Å²) in [5.74, 6) is -0.708. The maximum Gasteiger partial charge on any atom is 0.305 e. The van der Waals surface area contributed by atoms with Crippen LogP contribution in [-0.4, -0.2) is 23.7 Å². The summed E-state index contributed by atoms with van der Waals surface area (Å²) in [5.41, 5.74) is 0. The van der Waals surface area contributed by atoms with Crippen LogP contribution in [0.15, 0.2) is 12.2 Å². The molecule has 0 unspecified atom stereocenters. The molecule has 0 aromatic heterocycles. The molecular weight excluding hydrogens is 448 g/mol. The van der Waals surface area contributed by atoms with Crippen molar-refractivity contribution in [2.45, 2.75) is 174 Å². The first kappa shape index (κ1) is 34.7. The second-order valence-corrected chi connectivity index (χ2v) is 10.6. The Morgan fingerprint density at radius 3 is 1.39 bits per heavy atom. The molecule has 0 aliphatic carbocycles. The normalized spacial score (nSPS) is 11.4. The van der Waals surface area contributed by atoms with Crippen LogP contribution >= 0.6 is 0 Å². The number of carbonyl (C=O) groups excluding carboxylic acids is 1. The maximum atomic E-state index is 11.8. The van der Waals surface area contributed by atoms with Crippen LogP contribution in [0.25, 0.3) is 0 Å². The highest BCUT2D eigenvalue weighted by Gasteiger charge is 2.03. The van der Waals surface area contributed by atoms with Gasteiger partial charge in [0.25, 0.3) is 0 Å². The molecule has 0 fully saturated rings. The molecule has 4 nitrogen and oxygen atoms in total. The highest BCUT2D eigenvalue weighted by molar-refractivity contribution is 5.69. The number of ether oxygens (including phenoxy) is 1. The van der Waals surface area contributed by atoms with Gasteiger partial charge < -0.3 is 9.84 Å². The number of hydrogen-bond donors (Lipinski definition) is 1. The zero-order chi connectivity index (χ0) is 26.4. The maximum absolute atomic E-state index is 11.8. The largest absolute Gasteiger partial charge is 0.481 e. The third kappa shape index (κ3) is 30.7. The van der Waals surface area contributed by atoms with Gasteiger partial charge in [0, 0.05) is 12.8 Å². The molecule has 0 bridgehead atoms. The summed E-state index contributed by atoms with van der Waals surface area (Å²) >= 11 is 0. The lowest BCUT2D eigenvalue weighted by Crippen LogP contribution is -2.05. The molecule has 0 spiro atoms. The number of esters is 1. The number of hydrogen-bond acceptors (Lipinski definition) is 3. The molecule has 0 atom stereocenters. The molecule has 0 heterocycles. The van der Waals surface area contributed by atoms with Crippen LogP contribution in [-0.2, 0) is 14.3 Å².